The molecule has 6 heteroatoms. The summed E-state index contributed by atoms with van der Waals surface area (Å²) < 4.78 is 0. The summed E-state index contributed by atoms with van der Waals surface area (Å²) in [5.74, 6) is -1.68. The predicted octanol–water partition coefficient (Wildman–Crippen LogP) is 2.44. The minimum Gasteiger partial charge on any atom is -0.349 e. The Hall–Kier alpha value is -3.15. The van der Waals surface area contributed by atoms with E-state index in [1.54, 1.807) is 24.3 Å². The first-order valence-corrected chi connectivity index (χ1v) is 9.08. The summed E-state index contributed by atoms with van der Waals surface area (Å²) in [7, 11) is 0. The topological polar surface area (TPSA) is 87.3 Å². The van der Waals surface area contributed by atoms with E-state index in [0.717, 1.165) is 18.4 Å². The van der Waals surface area contributed by atoms with E-state index in [-0.39, 0.29) is 17.9 Å². The fourth-order valence-corrected chi connectivity index (χ4v) is 2.69. The van der Waals surface area contributed by atoms with Crippen LogP contribution in [0.1, 0.15) is 41.6 Å². The van der Waals surface area contributed by atoms with Gasteiger partial charge < -0.3 is 16.0 Å². The Bertz CT molecular complexity index is 832. The number of amides is 3. The van der Waals surface area contributed by atoms with Gasteiger partial charge in [0.05, 0.1) is 11.3 Å². The van der Waals surface area contributed by atoms with E-state index >= 15 is 0 Å². The molecule has 1 fully saturated rings. The van der Waals surface area contributed by atoms with Gasteiger partial charge in [-0.3, -0.25) is 14.4 Å². The monoisotopic (exact) mass is 365 g/mol. The van der Waals surface area contributed by atoms with Gasteiger partial charge in [-0.2, -0.15) is 0 Å². The number of anilines is 1. The fraction of sp³-hybridized carbons (Fsp3) is 0.286. The number of hydrogen-bond donors (Lipinski definition) is 3. The lowest BCUT2D eigenvalue weighted by atomic mass is 10.0. The predicted molar refractivity (Wildman–Crippen MR) is 103 cm³/mol. The van der Waals surface area contributed by atoms with Crippen molar-refractivity contribution < 1.29 is 14.4 Å². The number of carbonyl (C=O) groups excluding carboxylic acids is 3. The van der Waals surface area contributed by atoms with Crippen molar-refractivity contribution in [1.82, 2.24) is 10.6 Å². The van der Waals surface area contributed by atoms with E-state index in [9.17, 15) is 14.4 Å². The Morgan fingerprint density at radius 2 is 1.63 bits per heavy atom. The molecule has 2 aromatic carbocycles. The Kier molecular flexibility index (Phi) is 5.86. The number of hydrogen-bond acceptors (Lipinski definition) is 3. The molecule has 3 N–H and O–H groups in total. The van der Waals surface area contributed by atoms with Gasteiger partial charge in [0.25, 0.3) is 5.91 Å². The molecular weight excluding hydrogens is 342 g/mol. The summed E-state index contributed by atoms with van der Waals surface area (Å²) in [5, 5.41) is 8.06. The quantitative estimate of drug-likeness (QED) is 0.687. The minimum absolute atomic E-state index is 0.0829. The van der Waals surface area contributed by atoms with Crippen molar-refractivity contribution >= 4 is 23.4 Å². The molecule has 3 amide bonds. The first-order chi connectivity index (χ1) is 13.0. The van der Waals surface area contributed by atoms with Crippen molar-refractivity contribution in [3.63, 3.8) is 0 Å². The third-order valence-corrected chi connectivity index (χ3v) is 4.48. The van der Waals surface area contributed by atoms with Crippen LogP contribution in [0.3, 0.4) is 0 Å². The maximum absolute atomic E-state index is 12.3. The van der Waals surface area contributed by atoms with Crippen LogP contribution >= 0.6 is 0 Å². The van der Waals surface area contributed by atoms with Gasteiger partial charge in [-0.15, -0.1) is 0 Å². The largest absolute Gasteiger partial charge is 0.349 e. The Morgan fingerprint density at radius 3 is 2.33 bits per heavy atom. The normalized spacial score (nSPS) is 14.1. The molecule has 0 bridgehead atoms. The minimum atomic E-state index is -0.790. The number of para-hydroxylation sites is 1. The summed E-state index contributed by atoms with van der Waals surface area (Å²) in [4.78, 5) is 36.6. The lowest BCUT2D eigenvalue weighted by molar-refractivity contribution is -0.136. The highest BCUT2D eigenvalue weighted by Gasteiger charge is 2.25. The first-order valence-electron chi connectivity index (χ1n) is 9.08. The summed E-state index contributed by atoms with van der Waals surface area (Å²) in [5.41, 5.74) is 1.76. The van der Waals surface area contributed by atoms with Crippen molar-refractivity contribution in [3.05, 3.63) is 65.7 Å². The van der Waals surface area contributed by atoms with Crippen molar-refractivity contribution in [1.29, 1.82) is 0 Å². The van der Waals surface area contributed by atoms with E-state index in [1.165, 1.54) is 0 Å². The van der Waals surface area contributed by atoms with Crippen LogP contribution in [0.4, 0.5) is 5.69 Å². The van der Waals surface area contributed by atoms with Crippen molar-refractivity contribution in [2.24, 2.45) is 0 Å². The fourth-order valence-electron chi connectivity index (χ4n) is 2.69. The van der Waals surface area contributed by atoms with Gasteiger partial charge in [-0.05, 0) is 36.5 Å². The molecule has 1 aliphatic carbocycles. The lowest BCUT2D eigenvalue weighted by Gasteiger charge is -2.14. The van der Waals surface area contributed by atoms with Crippen LogP contribution in [0.5, 0.6) is 0 Å². The number of nitrogens with one attached hydrogen (secondary N) is 3. The SMILES string of the molecule is C[C@H](CNC(=O)C(=O)Nc1ccccc1C(=O)NC1CC1)c1ccccc1. The molecule has 1 atom stereocenters. The van der Waals surface area contributed by atoms with Gasteiger partial charge in [0.2, 0.25) is 0 Å². The van der Waals surface area contributed by atoms with Crippen molar-refractivity contribution in [2.75, 3.05) is 11.9 Å². The van der Waals surface area contributed by atoms with Crippen LogP contribution < -0.4 is 16.0 Å². The zero-order chi connectivity index (χ0) is 19.2. The van der Waals surface area contributed by atoms with Crippen LogP contribution in [0.15, 0.2) is 54.6 Å². The average molecular weight is 365 g/mol. The Labute approximate surface area is 158 Å². The Morgan fingerprint density at radius 1 is 0.963 bits per heavy atom. The molecule has 0 aromatic heterocycles. The van der Waals surface area contributed by atoms with E-state index in [4.69, 9.17) is 0 Å². The van der Waals surface area contributed by atoms with Crippen LogP contribution in [-0.4, -0.2) is 30.3 Å². The van der Waals surface area contributed by atoms with Gasteiger partial charge >= 0.3 is 11.8 Å². The zero-order valence-electron chi connectivity index (χ0n) is 15.2. The average Bonchev–Trinajstić information content (AvgIpc) is 3.50. The molecule has 0 spiro atoms. The molecule has 0 aliphatic heterocycles. The zero-order valence-corrected chi connectivity index (χ0v) is 15.2. The molecule has 1 aliphatic rings. The molecule has 2 aromatic rings. The smallest absolute Gasteiger partial charge is 0.313 e. The van der Waals surface area contributed by atoms with E-state index in [2.05, 4.69) is 16.0 Å². The number of rotatable bonds is 6. The van der Waals surface area contributed by atoms with E-state index < -0.39 is 11.8 Å². The molecule has 0 saturated heterocycles. The van der Waals surface area contributed by atoms with Gasteiger partial charge in [0.15, 0.2) is 0 Å². The second-order valence-electron chi connectivity index (χ2n) is 6.77. The number of benzene rings is 2. The molecule has 27 heavy (non-hydrogen) atoms. The van der Waals surface area contributed by atoms with Crippen LogP contribution in [0.2, 0.25) is 0 Å². The second-order valence-corrected chi connectivity index (χ2v) is 6.77. The van der Waals surface area contributed by atoms with Crippen LogP contribution in [-0.2, 0) is 9.59 Å². The molecule has 0 radical (unpaired) electrons. The molecular formula is C21H23N3O3. The van der Waals surface area contributed by atoms with Gasteiger partial charge in [-0.25, -0.2) is 0 Å². The Balaban J connectivity index is 1.56. The third kappa shape index (κ3) is 5.17. The number of carbonyl (C=O) groups is 3. The van der Waals surface area contributed by atoms with Crippen LogP contribution in [0.25, 0.3) is 0 Å². The third-order valence-electron chi connectivity index (χ3n) is 4.48. The second kappa shape index (κ2) is 8.49. The lowest BCUT2D eigenvalue weighted by Crippen LogP contribution is -2.37. The summed E-state index contributed by atoms with van der Waals surface area (Å²) >= 11 is 0. The maximum Gasteiger partial charge on any atom is 0.313 e. The summed E-state index contributed by atoms with van der Waals surface area (Å²) in [6.07, 6.45) is 1.95. The molecule has 1 saturated carbocycles. The highest BCUT2D eigenvalue weighted by Crippen LogP contribution is 2.21. The first kappa shape index (κ1) is 18.6. The highest BCUT2D eigenvalue weighted by atomic mass is 16.2. The van der Waals surface area contributed by atoms with Gasteiger partial charge in [-0.1, -0.05) is 49.4 Å². The van der Waals surface area contributed by atoms with Crippen molar-refractivity contribution in [2.45, 2.75) is 31.7 Å². The maximum atomic E-state index is 12.3. The van der Waals surface area contributed by atoms with E-state index in [1.807, 2.05) is 37.3 Å². The highest BCUT2D eigenvalue weighted by molar-refractivity contribution is 6.40. The summed E-state index contributed by atoms with van der Waals surface area (Å²) in [6, 6.07) is 16.6. The standard InChI is InChI=1S/C21H23N3O3/c1-14(15-7-3-2-4-8-15)13-22-20(26)21(27)24-18-10-6-5-9-17(18)19(25)23-16-11-12-16/h2-10,14,16H,11-13H2,1H3,(H,22,26)(H,23,25)(H,24,27)/t14-/m1/s1. The molecule has 140 valence electrons. The summed E-state index contributed by atoms with van der Waals surface area (Å²) in [6.45, 7) is 2.32. The van der Waals surface area contributed by atoms with Crippen molar-refractivity contribution in [3.8, 4) is 0 Å². The molecule has 3 rings (SSSR count). The molecule has 6 nitrogen and oxygen atoms in total. The molecule has 0 heterocycles. The van der Waals surface area contributed by atoms with E-state index in [0.29, 0.717) is 17.8 Å². The van der Waals surface area contributed by atoms with Crippen LogP contribution in [0, 0.1) is 0 Å². The van der Waals surface area contributed by atoms with Gasteiger partial charge in [0, 0.05) is 12.6 Å². The molecule has 0 unspecified atom stereocenters. The van der Waals surface area contributed by atoms with Gasteiger partial charge in [0.1, 0.15) is 0 Å².